The first-order valence-electron chi connectivity index (χ1n) is 7.39. The summed E-state index contributed by atoms with van der Waals surface area (Å²) in [4.78, 5) is 8.94. The van der Waals surface area contributed by atoms with Crippen molar-refractivity contribution in [2.24, 2.45) is 9.98 Å². The Labute approximate surface area is 146 Å². The summed E-state index contributed by atoms with van der Waals surface area (Å²) in [5.74, 6) is 0.491. The molecule has 0 saturated heterocycles. The monoisotopic (exact) mass is 340 g/mol. The maximum Gasteiger partial charge on any atom is 0.153 e. The fourth-order valence-electron chi connectivity index (χ4n) is 2.03. The summed E-state index contributed by atoms with van der Waals surface area (Å²) < 4.78 is 0. The van der Waals surface area contributed by atoms with Gasteiger partial charge in [0.2, 0.25) is 0 Å². The number of aliphatic imine (C=N–C) groups is 2. The fraction of sp³-hybridized carbons (Fsp3) is 0.235. The van der Waals surface area contributed by atoms with E-state index < -0.39 is 0 Å². The zero-order valence-electron chi connectivity index (χ0n) is 13.7. The Hall–Kier alpha value is -2.40. The topological polar surface area (TPSA) is 84.6 Å². The van der Waals surface area contributed by atoms with E-state index in [9.17, 15) is 5.26 Å². The van der Waals surface area contributed by atoms with Gasteiger partial charge >= 0.3 is 0 Å². The molecule has 124 valence electrons. The van der Waals surface area contributed by atoms with E-state index in [0.717, 1.165) is 10.6 Å². The Kier molecular flexibility index (Phi) is 6.75. The van der Waals surface area contributed by atoms with Crippen LogP contribution in [-0.4, -0.2) is 36.9 Å². The number of nitrogens with zero attached hydrogens (tertiary/aromatic N) is 3. The third kappa shape index (κ3) is 4.80. The Bertz CT molecular complexity index is 714. The summed E-state index contributed by atoms with van der Waals surface area (Å²) in [6.45, 7) is 4.27. The van der Waals surface area contributed by atoms with Gasteiger partial charge in [0, 0.05) is 5.56 Å². The maximum absolute atomic E-state index is 9.22. The van der Waals surface area contributed by atoms with E-state index in [-0.39, 0.29) is 6.17 Å². The lowest BCUT2D eigenvalue weighted by Gasteiger charge is -2.22. The van der Waals surface area contributed by atoms with Crippen molar-refractivity contribution in [1.29, 1.82) is 5.26 Å². The summed E-state index contributed by atoms with van der Waals surface area (Å²) >= 11 is 1.56. The molecular formula is C17H20N6S. The van der Waals surface area contributed by atoms with Crippen LogP contribution in [0.25, 0.3) is 0 Å². The lowest BCUT2D eigenvalue weighted by molar-refractivity contribution is 0.497. The predicted octanol–water partition coefficient (Wildman–Crippen LogP) is 1.81. The van der Waals surface area contributed by atoms with Crippen molar-refractivity contribution in [3.8, 4) is 6.07 Å². The zero-order chi connectivity index (χ0) is 17.4. The van der Waals surface area contributed by atoms with Gasteiger partial charge in [0.15, 0.2) is 5.84 Å². The molecule has 0 radical (unpaired) electrons. The van der Waals surface area contributed by atoms with E-state index in [4.69, 9.17) is 0 Å². The molecule has 7 heteroatoms. The highest BCUT2D eigenvalue weighted by atomic mass is 32.2. The van der Waals surface area contributed by atoms with E-state index >= 15 is 0 Å². The van der Waals surface area contributed by atoms with Crippen molar-refractivity contribution in [3.63, 3.8) is 0 Å². The number of benzene rings is 1. The second kappa shape index (κ2) is 9.03. The quantitative estimate of drug-likeness (QED) is 0.562. The van der Waals surface area contributed by atoms with Gasteiger partial charge in [0.25, 0.3) is 0 Å². The normalized spacial score (nSPS) is 19.4. The van der Waals surface area contributed by atoms with Gasteiger partial charge in [-0.1, -0.05) is 36.9 Å². The average molecular weight is 340 g/mol. The summed E-state index contributed by atoms with van der Waals surface area (Å²) in [5, 5.41) is 13.1. The molecule has 0 aliphatic carbocycles. The highest BCUT2D eigenvalue weighted by Crippen LogP contribution is 2.13. The molecule has 0 spiro atoms. The first-order valence-corrected chi connectivity index (χ1v) is 8.61. The number of thioether (sulfide) groups is 1. The molecule has 0 amide bonds. The van der Waals surface area contributed by atoms with Gasteiger partial charge in [-0.25, -0.2) is 10.4 Å². The van der Waals surface area contributed by atoms with Gasteiger partial charge in [0.1, 0.15) is 11.1 Å². The minimum absolute atomic E-state index is 0.110. The van der Waals surface area contributed by atoms with Crippen molar-refractivity contribution in [1.82, 2.24) is 16.2 Å². The highest BCUT2D eigenvalue weighted by molar-refractivity contribution is 8.13. The van der Waals surface area contributed by atoms with E-state index in [1.807, 2.05) is 36.6 Å². The Morgan fingerprint density at radius 1 is 1.42 bits per heavy atom. The molecule has 1 unspecified atom stereocenters. The Balaban J connectivity index is 2.09. The van der Waals surface area contributed by atoms with Gasteiger partial charge in [0.05, 0.1) is 24.0 Å². The van der Waals surface area contributed by atoms with Crippen molar-refractivity contribution in [3.05, 3.63) is 59.8 Å². The van der Waals surface area contributed by atoms with Crippen LogP contribution in [0.3, 0.4) is 0 Å². The van der Waals surface area contributed by atoms with Gasteiger partial charge in [-0.05, 0) is 19.4 Å². The van der Waals surface area contributed by atoms with Crippen LogP contribution in [0.15, 0.2) is 64.2 Å². The van der Waals surface area contributed by atoms with Crippen LogP contribution in [0.5, 0.6) is 0 Å². The van der Waals surface area contributed by atoms with Gasteiger partial charge in [-0.3, -0.25) is 4.99 Å². The Morgan fingerprint density at radius 3 is 2.79 bits per heavy atom. The SMILES string of the molecule is C=C(CN=C1NNC(NC)C=C1C#N)N=C(SC)c1ccccc1. The lowest BCUT2D eigenvalue weighted by Crippen LogP contribution is -2.53. The average Bonchev–Trinajstić information content (AvgIpc) is 2.64. The smallest absolute Gasteiger partial charge is 0.153 e. The number of hydrazine groups is 1. The Morgan fingerprint density at radius 2 is 2.17 bits per heavy atom. The molecule has 6 nitrogen and oxygen atoms in total. The van der Waals surface area contributed by atoms with Crippen LogP contribution in [0.4, 0.5) is 0 Å². The van der Waals surface area contributed by atoms with E-state index in [2.05, 4.69) is 38.8 Å². The molecule has 1 atom stereocenters. The first kappa shape index (κ1) is 17.9. The number of nitriles is 1. The van der Waals surface area contributed by atoms with Crippen LogP contribution in [0, 0.1) is 11.3 Å². The van der Waals surface area contributed by atoms with Crippen molar-refractivity contribution >= 4 is 22.6 Å². The van der Waals surface area contributed by atoms with E-state index in [0.29, 0.717) is 23.7 Å². The summed E-state index contributed by atoms with van der Waals surface area (Å²) in [6, 6.07) is 12.1. The summed E-state index contributed by atoms with van der Waals surface area (Å²) in [6.07, 6.45) is 3.64. The second-order valence-corrected chi connectivity index (χ2v) is 5.74. The molecule has 1 heterocycles. The van der Waals surface area contributed by atoms with Crippen LogP contribution < -0.4 is 16.2 Å². The highest BCUT2D eigenvalue weighted by Gasteiger charge is 2.16. The van der Waals surface area contributed by atoms with E-state index in [1.165, 1.54) is 0 Å². The van der Waals surface area contributed by atoms with Gasteiger partial charge in [-0.2, -0.15) is 5.26 Å². The molecule has 1 aromatic rings. The van der Waals surface area contributed by atoms with Crippen molar-refractivity contribution < 1.29 is 0 Å². The number of nitrogens with one attached hydrogen (secondary N) is 3. The molecule has 0 bridgehead atoms. The molecule has 0 fully saturated rings. The zero-order valence-corrected chi connectivity index (χ0v) is 14.5. The van der Waals surface area contributed by atoms with Gasteiger partial charge in [-0.15, -0.1) is 11.8 Å². The minimum Gasteiger partial charge on any atom is -0.303 e. The van der Waals surface area contributed by atoms with E-state index in [1.54, 1.807) is 24.9 Å². The van der Waals surface area contributed by atoms with Crippen molar-refractivity contribution in [2.75, 3.05) is 19.8 Å². The molecule has 1 aromatic carbocycles. The molecular weight excluding hydrogens is 320 g/mol. The summed E-state index contributed by atoms with van der Waals surface area (Å²) in [5.41, 5.74) is 8.08. The largest absolute Gasteiger partial charge is 0.303 e. The maximum atomic E-state index is 9.22. The number of amidine groups is 1. The summed E-state index contributed by atoms with van der Waals surface area (Å²) in [7, 11) is 1.80. The molecule has 2 rings (SSSR count). The number of likely N-dealkylation sites (N-methyl/N-ethyl adjacent to an activating group) is 1. The molecule has 0 saturated carbocycles. The molecule has 24 heavy (non-hydrogen) atoms. The third-order valence-corrected chi connectivity index (χ3v) is 3.97. The van der Waals surface area contributed by atoms with Crippen LogP contribution in [-0.2, 0) is 0 Å². The number of hydrogen-bond donors (Lipinski definition) is 3. The van der Waals surface area contributed by atoms with Crippen molar-refractivity contribution in [2.45, 2.75) is 6.17 Å². The fourth-order valence-corrected chi connectivity index (χ4v) is 2.62. The van der Waals surface area contributed by atoms with Gasteiger partial charge < -0.3 is 10.7 Å². The lowest BCUT2D eigenvalue weighted by atomic mass is 10.2. The van der Waals surface area contributed by atoms with Crippen LogP contribution >= 0.6 is 11.8 Å². The first-order chi connectivity index (χ1) is 11.7. The molecule has 3 N–H and O–H groups in total. The predicted molar refractivity (Wildman–Crippen MR) is 101 cm³/mol. The minimum atomic E-state index is -0.110. The molecule has 0 aromatic heterocycles. The molecule has 1 aliphatic rings. The number of rotatable bonds is 5. The third-order valence-electron chi connectivity index (χ3n) is 3.26. The second-order valence-electron chi connectivity index (χ2n) is 4.95. The van der Waals surface area contributed by atoms with Crippen LogP contribution in [0.1, 0.15) is 5.56 Å². The number of hydrogen-bond acceptors (Lipinski definition) is 6. The molecule has 1 aliphatic heterocycles. The standard InChI is InChI=1S/C17H20N6S/c1-12(21-17(24-3)13-7-5-4-6-8-13)11-20-16-14(10-18)9-15(19-2)22-23-16/h4-9,15,19,22H,1,11H2,2-3H3,(H,20,23). The van der Waals surface area contributed by atoms with Crippen LogP contribution in [0.2, 0.25) is 0 Å².